The van der Waals surface area contributed by atoms with Crippen LogP contribution in [0, 0.1) is 58.2 Å². The lowest BCUT2D eigenvalue weighted by molar-refractivity contribution is -0.169. The van der Waals surface area contributed by atoms with Crippen LogP contribution in [0.3, 0.4) is 0 Å². The molecule has 0 aromatic carbocycles. The standard InChI is InChI=1S/C34H57NO4/c1-8-21(4)26(19-31(37)30(35)17-20(2)3)32(38)39-24-13-15-33(6)23(18-24)9-10-25-28-12-11-27(22(5)36)34(28,7)16-14-29(25)33/h20-21,23-30H,8-19,35H2,1-7H3/t21-,23-,24+,25-,26-,27+,28-,29-,30-,33-,34+/m0/s1. The maximum Gasteiger partial charge on any atom is 0.309 e. The third-order valence-corrected chi connectivity index (χ3v) is 12.6. The van der Waals surface area contributed by atoms with Crippen molar-refractivity contribution in [3.63, 3.8) is 0 Å². The normalized spacial score (nSPS) is 40.1. The summed E-state index contributed by atoms with van der Waals surface area (Å²) in [6.07, 6.45) is 11.8. The van der Waals surface area contributed by atoms with E-state index in [-0.39, 0.29) is 41.5 Å². The van der Waals surface area contributed by atoms with Gasteiger partial charge in [0.05, 0.1) is 12.0 Å². The number of ketones is 2. The van der Waals surface area contributed by atoms with Crippen molar-refractivity contribution < 1.29 is 19.1 Å². The number of hydrogen-bond donors (Lipinski definition) is 1. The van der Waals surface area contributed by atoms with Gasteiger partial charge < -0.3 is 10.5 Å². The average molecular weight is 544 g/mol. The van der Waals surface area contributed by atoms with Gasteiger partial charge in [-0.15, -0.1) is 0 Å². The largest absolute Gasteiger partial charge is 0.462 e. The highest BCUT2D eigenvalue weighted by molar-refractivity contribution is 5.88. The summed E-state index contributed by atoms with van der Waals surface area (Å²) in [7, 11) is 0. The Hall–Kier alpha value is -1.23. The Kier molecular flexibility index (Phi) is 9.41. The summed E-state index contributed by atoms with van der Waals surface area (Å²) in [4.78, 5) is 38.8. The summed E-state index contributed by atoms with van der Waals surface area (Å²) < 4.78 is 6.22. The van der Waals surface area contributed by atoms with Gasteiger partial charge in [-0.2, -0.15) is 0 Å². The summed E-state index contributed by atoms with van der Waals surface area (Å²) in [5.74, 6) is 3.25. The molecule has 4 rings (SSSR count). The van der Waals surface area contributed by atoms with E-state index in [1.54, 1.807) is 0 Å². The predicted molar refractivity (Wildman–Crippen MR) is 156 cm³/mol. The first kappa shape index (κ1) is 30.7. The first-order chi connectivity index (χ1) is 18.3. The molecule has 0 aromatic heterocycles. The minimum atomic E-state index is -0.502. The molecule has 0 aromatic rings. The van der Waals surface area contributed by atoms with Crippen LogP contribution in [0.4, 0.5) is 0 Å². The zero-order chi connectivity index (χ0) is 28.7. The van der Waals surface area contributed by atoms with Gasteiger partial charge in [0.15, 0.2) is 0 Å². The Balaban J connectivity index is 1.39. The minimum absolute atomic E-state index is 0.0104. The van der Waals surface area contributed by atoms with Gasteiger partial charge in [0, 0.05) is 12.3 Å². The zero-order valence-electron chi connectivity index (χ0n) is 26.0. The second-order valence-corrected chi connectivity index (χ2v) is 15.2. The number of nitrogens with two attached hydrogens (primary N) is 1. The van der Waals surface area contributed by atoms with Gasteiger partial charge >= 0.3 is 5.97 Å². The Morgan fingerprint density at radius 2 is 1.59 bits per heavy atom. The fraction of sp³-hybridized carbons (Fsp3) is 0.912. The van der Waals surface area contributed by atoms with Crippen molar-refractivity contribution in [2.24, 2.45) is 63.9 Å². The molecule has 11 atom stereocenters. The molecule has 0 saturated heterocycles. The van der Waals surface area contributed by atoms with E-state index < -0.39 is 12.0 Å². The predicted octanol–water partition coefficient (Wildman–Crippen LogP) is 7.14. The molecule has 4 saturated carbocycles. The van der Waals surface area contributed by atoms with E-state index in [1.807, 2.05) is 6.92 Å². The van der Waals surface area contributed by atoms with Crippen LogP contribution in [0.15, 0.2) is 0 Å². The molecular formula is C34H57NO4. The van der Waals surface area contributed by atoms with Gasteiger partial charge in [-0.3, -0.25) is 14.4 Å². The highest BCUT2D eigenvalue weighted by atomic mass is 16.5. The second kappa shape index (κ2) is 11.9. The Bertz CT molecular complexity index is 915. The van der Waals surface area contributed by atoms with E-state index in [0.29, 0.717) is 35.4 Å². The van der Waals surface area contributed by atoms with Crippen molar-refractivity contribution in [2.45, 2.75) is 138 Å². The number of rotatable bonds is 10. The summed E-state index contributed by atoms with van der Waals surface area (Å²) in [5, 5.41) is 0. The quantitative estimate of drug-likeness (QED) is 0.296. The van der Waals surface area contributed by atoms with Crippen LogP contribution in [0.1, 0.15) is 126 Å². The lowest BCUT2D eigenvalue weighted by atomic mass is 9.44. The topological polar surface area (TPSA) is 86.5 Å². The lowest BCUT2D eigenvalue weighted by Crippen LogP contribution is -2.54. The maximum atomic E-state index is 13.5. The summed E-state index contributed by atoms with van der Waals surface area (Å²) >= 11 is 0. The maximum absolute atomic E-state index is 13.5. The molecule has 0 unspecified atom stereocenters. The van der Waals surface area contributed by atoms with E-state index in [0.717, 1.165) is 43.9 Å². The van der Waals surface area contributed by atoms with E-state index in [2.05, 4.69) is 41.5 Å². The monoisotopic (exact) mass is 543 g/mol. The fourth-order valence-electron chi connectivity index (χ4n) is 10.1. The van der Waals surface area contributed by atoms with Crippen LogP contribution in [-0.2, 0) is 19.1 Å². The molecule has 39 heavy (non-hydrogen) atoms. The number of carbonyl (C=O) groups excluding carboxylic acids is 3. The summed E-state index contributed by atoms with van der Waals surface area (Å²) in [6, 6.07) is -0.502. The van der Waals surface area contributed by atoms with Crippen LogP contribution in [0.2, 0.25) is 0 Å². The van der Waals surface area contributed by atoms with Crippen LogP contribution >= 0.6 is 0 Å². The third kappa shape index (κ3) is 5.90. The van der Waals surface area contributed by atoms with E-state index in [9.17, 15) is 14.4 Å². The Morgan fingerprint density at radius 1 is 0.923 bits per heavy atom. The van der Waals surface area contributed by atoms with Crippen LogP contribution in [0.5, 0.6) is 0 Å². The number of esters is 1. The highest BCUT2D eigenvalue weighted by Gasteiger charge is 2.61. The number of ether oxygens (including phenoxy) is 1. The number of carbonyl (C=O) groups is 3. The van der Waals surface area contributed by atoms with Gasteiger partial charge in [-0.05, 0) is 117 Å². The molecule has 0 spiro atoms. The van der Waals surface area contributed by atoms with E-state index in [1.165, 1.54) is 32.1 Å². The minimum Gasteiger partial charge on any atom is -0.462 e. The Morgan fingerprint density at radius 3 is 2.23 bits per heavy atom. The first-order valence-electron chi connectivity index (χ1n) is 16.3. The number of fused-ring (bicyclic) bond motifs is 5. The average Bonchev–Trinajstić information content (AvgIpc) is 3.24. The molecule has 0 heterocycles. The zero-order valence-corrected chi connectivity index (χ0v) is 26.0. The molecule has 0 aliphatic heterocycles. The molecular weight excluding hydrogens is 486 g/mol. The molecule has 0 amide bonds. The van der Waals surface area contributed by atoms with Gasteiger partial charge in [0.1, 0.15) is 17.7 Å². The fourth-order valence-corrected chi connectivity index (χ4v) is 10.1. The van der Waals surface area contributed by atoms with Gasteiger partial charge in [0.25, 0.3) is 0 Å². The van der Waals surface area contributed by atoms with Crippen molar-refractivity contribution >= 4 is 17.5 Å². The molecule has 2 N–H and O–H groups in total. The number of hydrogen-bond acceptors (Lipinski definition) is 5. The van der Waals surface area contributed by atoms with Gasteiger partial charge in [-0.1, -0.05) is 48.0 Å². The smallest absolute Gasteiger partial charge is 0.309 e. The highest BCUT2D eigenvalue weighted by Crippen LogP contribution is 2.67. The molecule has 4 fully saturated rings. The van der Waals surface area contributed by atoms with Crippen molar-refractivity contribution in [2.75, 3.05) is 0 Å². The van der Waals surface area contributed by atoms with E-state index in [4.69, 9.17) is 10.5 Å². The first-order valence-corrected chi connectivity index (χ1v) is 16.3. The molecule has 5 nitrogen and oxygen atoms in total. The van der Waals surface area contributed by atoms with Crippen LogP contribution < -0.4 is 5.73 Å². The van der Waals surface area contributed by atoms with Crippen molar-refractivity contribution in [3.05, 3.63) is 0 Å². The SMILES string of the molecule is CC[C@H](C)[C@H](CC(=O)[C@@H](N)CC(C)C)C(=O)O[C@@H]1CC[C@@]2(C)[C@@H](CC[C@@H]3[C@@H]2CC[C@]2(C)[C@@H](C(C)=O)CC[C@@H]32)C1. The van der Waals surface area contributed by atoms with Gasteiger partial charge in [0.2, 0.25) is 0 Å². The summed E-state index contributed by atoms with van der Waals surface area (Å²) in [6.45, 7) is 15.0. The molecule has 0 bridgehead atoms. The van der Waals surface area contributed by atoms with E-state index >= 15 is 0 Å². The van der Waals surface area contributed by atoms with Gasteiger partial charge in [-0.25, -0.2) is 0 Å². The van der Waals surface area contributed by atoms with Crippen molar-refractivity contribution in [1.82, 2.24) is 0 Å². The molecule has 5 heteroatoms. The van der Waals surface area contributed by atoms with Crippen molar-refractivity contribution in [3.8, 4) is 0 Å². The third-order valence-electron chi connectivity index (χ3n) is 12.6. The van der Waals surface area contributed by atoms with Crippen molar-refractivity contribution in [1.29, 1.82) is 0 Å². The molecule has 222 valence electrons. The van der Waals surface area contributed by atoms with Crippen LogP contribution in [0.25, 0.3) is 0 Å². The number of Topliss-reactive ketones (excluding diaryl/α,β-unsaturated/α-hetero) is 2. The Labute approximate surface area is 238 Å². The van der Waals surface area contributed by atoms with Crippen LogP contribution in [-0.4, -0.2) is 29.7 Å². The molecule has 4 aliphatic rings. The summed E-state index contributed by atoms with van der Waals surface area (Å²) in [5.41, 5.74) is 6.68. The lowest BCUT2D eigenvalue weighted by Gasteiger charge is -2.61. The molecule has 0 radical (unpaired) electrons. The molecule has 4 aliphatic carbocycles. The second-order valence-electron chi connectivity index (χ2n) is 15.2.